The Morgan fingerprint density at radius 1 is 0.800 bits per heavy atom. The molecular weight excluding hydrogens is 447 g/mol. The molecule has 178 valence electrons. The van der Waals surface area contributed by atoms with Crippen molar-refractivity contribution in [2.75, 3.05) is 0 Å². The first-order valence-corrected chi connectivity index (χ1v) is 11.3. The Labute approximate surface area is 201 Å². The van der Waals surface area contributed by atoms with E-state index in [0.29, 0.717) is 5.56 Å². The van der Waals surface area contributed by atoms with Gasteiger partial charge in [0.1, 0.15) is 17.9 Å². The van der Waals surface area contributed by atoms with E-state index in [4.69, 9.17) is 0 Å². The Balaban J connectivity index is 1.64. The van der Waals surface area contributed by atoms with Crippen LogP contribution in [0.3, 0.4) is 0 Å². The highest BCUT2D eigenvalue weighted by atomic mass is 19.1. The van der Waals surface area contributed by atoms with Crippen LogP contribution < -0.4 is 10.6 Å². The fraction of sp³-hybridized carbons (Fsp3) is 0.179. The van der Waals surface area contributed by atoms with Gasteiger partial charge in [0.15, 0.2) is 0 Å². The summed E-state index contributed by atoms with van der Waals surface area (Å²) in [5, 5.41) is 18.9. The van der Waals surface area contributed by atoms with Crippen molar-refractivity contribution >= 4 is 39.3 Å². The van der Waals surface area contributed by atoms with E-state index in [1.54, 1.807) is 6.07 Å². The second-order valence-electron chi connectivity index (χ2n) is 8.49. The summed E-state index contributed by atoms with van der Waals surface area (Å²) >= 11 is 0. The van der Waals surface area contributed by atoms with Gasteiger partial charge in [0, 0.05) is 19.8 Å². The van der Waals surface area contributed by atoms with Crippen LogP contribution in [0.15, 0.2) is 78.9 Å². The van der Waals surface area contributed by atoms with Crippen LogP contribution in [-0.2, 0) is 27.2 Å². The zero-order valence-corrected chi connectivity index (χ0v) is 19.1. The lowest BCUT2D eigenvalue weighted by molar-refractivity contribution is -0.142. The second kappa shape index (κ2) is 10.3. The maximum absolute atomic E-state index is 13.6. The third kappa shape index (κ3) is 5.63. The first-order valence-electron chi connectivity index (χ1n) is 11.3. The molecule has 0 aliphatic heterocycles. The third-order valence-corrected chi connectivity index (χ3v) is 5.93. The molecule has 7 heteroatoms. The number of rotatable bonds is 8. The molecule has 0 bridgehead atoms. The molecule has 0 fully saturated rings. The monoisotopic (exact) mass is 472 g/mol. The lowest BCUT2D eigenvalue weighted by Crippen LogP contribution is -2.52. The molecule has 0 aromatic heterocycles. The van der Waals surface area contributed by atoms with E-state index in [0.717, 1.165) is 27.1 Å². The topological polar surface area (TPSA) is 95.5 Å². The minimum absolute atomic E-state index is 0.0205. The summed E-state index contributed by atoms with van der Waals surface area (Å²) in [6.07, 6.45) is 0.0718. The molecule has 4 aromatic carbocycles. The van der Waals surface area contributed by atoms with Crippen LogP contribution >= 0.6 is 0 Å². The number of carbonyl (C=O) groups excluding carboxylic acids is 2. The summed E-state index contributed by atoms with van der Waals surface area (Å²) in [5.41, 5.74) is 1.32. The molecule has 0 unspecified atom stereocenters. The quantitative estimate of drug-likeness (QED) is 0.338. The number of hydrogen-bond donors (Lipinski definition) is 3. The molecule has 0 saturated carbocycles. The number of hydrogen-bond acceptors (Lipinski definition) is 3. The Hall–Kier alpha value is -4.26. The van der Waals surface area contributed by atoms with Crippen LogP contribution in [0.1, 0.15) is 18.1 Å². The van der Waals surface area contributed by atoms with Crippen LogP contribution in [0.25, 0.3) is 21.5 Å². The van der Waals surface area contributed by atoms with Gasteiger partial charge in [-0.3, -0.25) is 9.59 Å². The molecule has 6 nitrogen and oxygen atoms in total. The van der Waals surface area contributed by atoms with Crippen molar-refractivity contribution in [3.05, 3.63) is 95.8 Å². The van der Waals surface area contributed by atoms with Crippen molar-refractivity contribution in [3.63, 3.8) is 0 Å². The number of fused-ring (bicyclic) bond motifs is 2. The van der Waals surface area contributed by atoms with E-state index in [-0.39, 0.29) is 12.8 Å². The Bertz CT molecular complexity index is 1360. The molecule has 35 heavy (non-hydrogen) atoms. The summed E-state index contributed by atoms with van der Waals surface area (Å²) < 4.78 is 13.6. The van der Waals surface area contributed by atoms with Crippen LogP contribution in [0.4, 0.5) is 4.39 Å². The highest BCUT2D eigenvalue weighted by molar-refractivity contribution is 6.03. The molecule has 2 amide bonds. The van der Waals surface area contributed by atoms with E-state index in [1.807, 2.05) is 54.6 Å². The van der Waals surface area contributed by atoms with Crippen LogP contribution in [-0.4, -0.2) is 35.0 Å². The van der Waals surface area contributed by atoms with Gasteiger partial charge in [-0.25, -0.2) is 9.18 Å². The number of aliphatic carboxylic acids is 1. The van der Waals surface area contributed by atoms with E-state index >= 15 is 0 Å². The van der Waals surface area contributed by atoms with Gasteiger partial charge in [-0.05, 0) is 50.9 Å². The van der Waals surface area contributed by atoms with Crippen LogP contribution in [0, 0.1) is 5.82 Å². The highest BCUT2D eigenvalue weighted by Crippen LogP contribution is 2.29. The average molecular weight is 473 g/mol. The van der Waals surface area contributed by atoms with Gasteiger partial charge < -0.3 is 15.7 Å². The summed E-state index contributed by atoms with van der Waals surface area (Å²) in [6, 6.07) is 20.9. The predicted octanol–water partition coefficient (Wildman–Crippen LogP) is 3.99. The van der Waals surface area contributed by atoms with Crippen molar-refractivity contribution in [1.29, 1.82) is 0 Å². The van der Waals surface area contributed by atoms with E-state index in [9.17, 15) is 23.9 Å². The van der Waals surface area contributed by atoms with Crippen molar-refractivity contribution in [2.45, 2.75) is 31.8 Å². The van der Waals surface area contributed by atoms with Gasteiger partial charge in [-0.15, -0.1) is 0 Å². The number of halogens is 1. The van der Waals surface area contributed by atoms with Crippen molar-refractivity contribution in [2.24, 2.45) is 0 Å². The summed E-state index contributed by atoms with van der Waals surface area (Å²) in [5.74, 6) is -2.76. The molecule has 0 radical (unpaired) electrons. The summed E-state index contributed by atoms with van der Waals surface area (Å²) in [6.45, 7) is 1.27. The number of nitrogens with one attached hydrogen (secondary N) is 2. The first-order chi connectivity index (χ1) is 16.8. The normalized spacial score (nSPS) is 12.7. The van der Waals surface area contributed by atoms with Crippen LogP contribution in [0.2, 0.25) is 0 Å². The largest absolute Gasteiger partial charge is 0.480 e. The molecule has 0 heterocycles. The molecule has 4 aromatic rings. The Kier molecular flexibility index (Phi) is 7.06. The standard InChI is InChI=1S/C28H25FN2O4/c1-17(32)30-25(14-18-7-6-10-21(29)13-18)27(33)31-26(28(34)35)16-24-22-11-4-2-8-19(22)15-20-9-3-5-12-23(20)24/h2-13,15,25-26H,14,16H2,1H3,(H,30,32)(H,31,33)(H,34,35)/t25-,26+/m0/s1. The number of carboxylic acid groups (broad SMARTS) is 1. The fourth-order valence-corrected chi connectivity index (χ4v) is 4.36. The molecule has 3 N–H and O–H groups in total. The first kappa shape index (κ1) is 23.9. The van der Waals surface area contributed by atoms with Crippen molar-refractivity contribution in [1.82, 2.24) is 10.6 Å². The maximum atomic E-state index is 13.6. The third-order valence-electron chi connectivity index (χ3n) is 5.93. The summed E-state index contributed by atoms with van der Waals surface area (Å²) in [7, 11) is 0. The highest BCUT2D eigenvalue weighted by Gasteiger charge is 2.27. The van der Waals surface area contributed by atoms with E-state index in [2.05, 4.69) is 10.6 Å². The Morgan fingerprint density at radius 2 is 1.43 bits per heavy atom. The van der Waals surface area contributed by atoms with Gasteiger partial charge in [-0.1, -0.05) is 60.7 Å². The zero-order chi connectivity index (χ0) is 24.9. The number of carbonyl (C=O) groups is 3. The zero-order valence-electron chi connectivity index (χ0n) is 19.1. The van der Waals surface area contributed by atoms with Crippen molar-refractivity contribution in [3.8, 4) is 0 Å². The average Bonchev–Trinajstić information content (AvgIpc) is 2.82. The second-order valence-corrected chi connectivity index (χ2v) is 8.49. The smallest absolute Gasteiger partial charge is 0.326 e. The lowest BCUT2D eigenvalue weighted by Gasteiger charge is -2.22. The van der Waals surface area contributed by atoms with Gasteiger partial charge in [0.25, 0.3) is 0 Å². The van der Waals surface area contributed by atoms with Gasteiger partial charge >= 0.3 is 5.97 Å². The predicted molar refractivity (Wildman–Crippen MR) is 132 cm³/mol. The molecule has 0 aliphatic carbocycles. The number of carboxylic acids is 1. The fourth-order valence-electron chi connectivity index (χ4n) is 4.36. The van der Waals surface area contributed by atoms with Crippen molar-refractivity contribution < 1.29 is 23.9 Å². The molecule has 0 spiro atoms. The van der Waals surface area contributed by atoms with Gasteiger partial charge in [0.2, 0.25) is 11.8 Å². The molecular formula is C28H25FN2O4. The van der Waals surface area contributed by atoms with Crippen LogP contribution in [0.5, 0.6) is 0 Å². The molecule has 0 saturated heterocycles. The lowest BCUT2D eigenvalue weighted by atomic mass is 9.92. The maximum Gasteiger partial charge on any atom is 0.326 e. The molecule has 4 rings (SSSR count). The molecule has 2 atom stereocenters. The number of amides is 2. The van der Waals surface area contributed by atoms with Gasteiger partial charge in [-0.2, -0.15) is 0 Å². The SMILES string of the molecule is CC(=O)N[C@@H](Cc1cccc(F)c1)C(=O)N[C@H](Cc1c2ccccc2cc2ccccc12)C(=O)O. The van der Waals surface area contributed by atoms with E-state index in [1.165, 1.54) is 25.1 Å². The Morgan fingerprint density at radius 3 is 2.00 bits per heavy atom. The number of benzene rings is 4. The minimum atomic E-state index is -1.24. The summed E-state index contributed by atoms with van der Waals surface area (Å²) in [4.78, 5) is 37.1. The van der Waals surface area contributed by atoms with E-state index < -0.39 is 35.7 Å². The minimum Gasteiger partial charge on any atom is -0.480 e. The molecule has 0 aliphatic rings. The van der Waals surface area contributed by atoms with Gasteiger partial charge in [0.05, 0.1) is 0 Å².